The quantitative estimate of drug-likeness (QED) is 0.666. The van der Waals surface area contributed by atoms with Gasteiger partial charge in [0.1, 0.15) is 0 Å². The molecule has 0 aromatic heterocycles. The Labute approximate surface area is 166 Å². The fourth-order valence-corrected chi connectivity index (χ4v) is 2.57. The van der Waals surface area contributed by atoms with Gasteiger partial charge in [-0.1, -0.05) is 19.9 Å². The SMILES string of the molecule is CCOc1cc(C(=O)NCc2ccc(OC)c(OC)c2)ccc1OCC(C)C. The van der Waals surface area contributed by atoms with Crippen molar-refractivity contribution in [3.05, 3.63) is 47.5 Å². The van der Waals surface area contributed by atoms with Crippen molar-refractivity contribution in [3.8, 4) is 23.0 Å². The maximum Gasteiger partial charge on any atom is 0.251 e. The number of amides is 1. The summed E-state index contributed by atoms with van der Waals surface area (Å²) < 4.78 is 21.9. The van der Waals surface area contributed by atoms with Crippen LogP contribution < -0.4 is 24.3 Å². The van der Waals surface area contributed by atoms with Crippen molar-refractivity contribution >= 4 is 5.91 Å². The van der Waals surface area contributed by atoms with Crippen molar-refractivity contribution in [2.75, 3.05) is 27.4 Å². The smallest absolute Gasteiger partial charge is 0.251 e. The molecule has 0 aliphatic carbocycles. The van der Waals surface area contributed by atoms with Crippen LogP contribution in [0.5, 0.6) is 23.0 Å². The molecule has 1 N–H and O–H groups in total. The predicted octanol–water partition coefficient (Wildman–Crippen LogP) is 4.07. The van der Waals surface area contributed by atoms with E-state index in [1.165, 1.54) is 0 Å². The Kier molecular flexibility index (Phi) is 7.99. The van der Waals surface area contributed by atoms with Crippen LogP contribution in [-0.4, -0.2) is 33.3 Å². The molecule has 0 fully saturated rings. The van der Waals surface area contributed by atoms with Crippen LogP contribution in [-0.2, 0) is 6.54 Å². The first-order valence-corrected chi connectivity index (χ1v) is 9.37. The van der Waals surface area contributed by atoms with Crippen molar-refractivity contribution in [2.24, 2.45) is 5.92 Å². The van der Waals surface area contributed by atoms with Gasteiger partial charge in [-0.05, 0) is 48.7 Å². The van der Waals surface area contributed by atoms with Gasteiger partial charge in [0.15, 0.2) is 23.0 Å². The van der Waals surface area contributed by atoms with E-state index in [0.29, 0.717) is 54.2 Å². The van der Waals surface area contributed by atoms with Crippen LogP contribution in [0.2, 0.25) is 0 Å². The second-order valence-electron chi connectivity index (χ2n) is 6.67. The third-order valence-electron chi connectivity index (χ3n) is 3.98. The van der Waals surface area contributed by atoms with E-state index in [9.17, 15) is 4.79 Å². The van der Waals surface area contributed by atoms with Gasteiger partial charge in [0.2, 0.25) is 0 Å². The normalized spacial score (nSPS) is 10.5. The highest BCUT2D eigenvalue weighted by atomic mass is 16.5. The molecule has 2 aromatic carbocycles. The second-order valence-corrected chi connectivity index (χ2v) is 6.67. The maximum absolute atomic E-state index is 12.6. The lowest BCUT2D eigenvalue weighted by molar-refractivity contribution is 0.0950. The number of nitrogens with one attached hydrogen (secondary N) is 1. The standard InChI is InChI=1S/C22H29NO5/c1-6-27-21-12-17(8-10-19(21)28-14-15(2)3)22(24)23-13-16-7-9-18(25-4)20(11-16)26-5/h7-12,15H,6,13-14H2,1-5H3,(H,23,24). The molecular formula is C22H29NO5. The molecule has 0 saturated heterocycles. The molecule has 0 heterocycles. The highest BCUT2D eigenvalue weighted by Crippen LogP contribution is 2.29. The predicted molar refractivity (Wildman–Crippen MR) is 109 cm³/mol. The van der Waals surface area contributed by atoms with Gasteiger partial charge in [-0.15, -0.1) is 0 Å². The van der Waals surface area contributed by atoms with Gasteiger partial charge in [-0.3, -0.25) is 4.79 Å². The fraction of sp³-hybridized carbons (Fsp3) is 0.409. The summed E-state index contributed by atoms with van der Waals surface area (Å²) in [7, 11) is 3.17. The summed E-state index contributed by atoms with van der Waals surface area (Å²) in [5.41, 5.74) is 1.42. The van der Waals surface area contributed by atoms with Crippen LogP contribution in [0.4, 0.5) is 0 Å². The summed E-state index contributed by atoms with van der Waals surface area (Å²) >= 11 is 0. The molecular weight excluding hydrogens is 358 g/mol. The molecule has 0 unspecified atom stereocenters. The maximum atomic E-state index is 12.6. The first-order valence-electron chi connectivity index (χ1n) is 9.37. The molecule has 28 heavy (non-hydrogen) atoms. The van der Waals surface area contributed by atoms with Gasteiger partial charge in [0.25, 0.3) is 5.91 Å². The summed E-state index contributed by atoms with van der Waals surface area (Å²) in [5.74, 6) is 2.70. The van der Waals surface area contributed by atoms with Crippen molar-refractivity contribution in [1.82, 2.24) is 5.32 Å². The molecule has 152 valence electrons. The molecule has 0 bridgehead atoms. The van der Waals surface area contributed by atoms with E-state index in [2.05, 4.69) is 19.2 Å². The number of methoxy groups -OCH3 is 2. The molecule has 0 saturated carbocycles. The van der Waals surface area contributed by atoms with Crippen LogP contribution in [0.25, 0.3) is 0 Å². The average Bonchev–Trinajstić information content (AvgIpc) is 2.70. The van der Waals surface area contributed by atoms with Gasteiger partial charge in [-0.2, -0.15) is 0 Å². The lowest BCUT2D eigenvalue weighted by Gasteiger charge is -2.15. The van der Waals surface area contributed by atoms with E-state index in [0.717, 1.165) is 5.56 Å². The topological polar surface area (TPSA) is 66.0 Å². The molecule has 6 heteroatoms. The van der Waals surface area contributed by atoms with E-state index in [1.54, 1.807) is 32.4 Å². The Hall–Kier alpha value is -2.89. The minimum absolute atomic E-state index is 0.189. The average molecular weight is 387 g/mol. The van der Waals surface area contributed by atoms with Crippen molar-refractivity contribution < 1.29 is 23.7 Å². The van der Waals surface area contributed by atoms with Crippen LogP contribution in [0.1, 0.15) is 36.7 Å². The number of hydrogen-bond acceptors (Lipinski definition) is 5. The largest absolute Gasteiger partial charge is 0.493 e. The Balaban J connectivity index is 2.08. The number of benzene rings is 2. The molecule has 0 aliphatic heterocycles. The van der Waals surface area contributed by atoms with Crippen LogP contribution >= 0.6 is 0 Å². The Morgan fingerprint density at radius 1 is 0.929 bits per heavy atom. The third-order valence-corrected chi connectivity index (χ3v) is 3.98. The minimum atomic E-state index is -0.189. The molecule has 6 nitrogen and oxygen atoms in total. The fourth-order valence-electron chi connectivity index (χ4n) is 2.57. The summed E-state index contributed by atoms with van der Waals surface area (Å²) in [6, 6.07) is 10.8. The molecule has 0 atom stereocenters. The zero-order valence-corrected chi connectivity index (χ0v) is 17.2. The van der Waals surface area contributed by atoms with Crippen molar-refractivity contribution in [3.63, 3.8) is 0 Å². The van der Waals surface area contributed by atoms with Gasteiger partial charge in [0.05, 0.1) is 27.4 Å². The highest BCUT2D eigenvalue weighted by Gasteiger charge is 2.13. The van der Waals surface area contributed by atoms with E-state index >= 15 is 0 Å². The lowest BCUT2D eigenvalue weighted by Crippen LogP contribution is -2.23. The van der Waals surface area contributed by atoms with Crippen LogP contribution in [0.15, 0.2) is 36.4 Å². The molecule has 1 amide bonds. The summed E-state index contributed by atoms with van der Waals surface area (Å²) in [6.45, 7) is 7.51. The summed E-state index contributed by atoms with van der Waals surface area (Å²) in [5, 5.41) is 2.91. The number of rotatable bonds is 10. The monoisotopic (exact) mass is 387 g/mol. The number of hydrogen-bond donors (Lipinski definition) is 1. The number of carbonyl (C=O) groups is 1. The van der Waals surface area contributed by atoms with E-state index in [-0.39, 0.29) is 5.91 Å². The van der Waals surface area contributed by atoms with Gasteiger partial charge in [0, 0.05) is 12.1 Å². The third kappa shape index (κ3) is 5.81. The van der Waals surface area contributed by atoms with Crippen LogP contribution in [0, 0.1) is 5.92 Å². The minimum Gasteiger partial charge on any atom is -0.493 e. The summed E-state index contributed by atoms with van der Waals surface area (Å²) in [4.78, 5) is 12.6. The zero-order chi connectivity index (χ0) is 20.5. The molecule has 0 radical (unpaired) electrons. The number of ether oxygens (including phenoxy) is 4. The van der Waals surface area contributed by atoms with Crippen molar-refractivity contribution in [2.45, 2.75) is 27.3 Å². The Bertz CT molecular complexity index is 788. The molecule has 0 spiro atoms. The molecule has 0 aliphatic rings. The van der Waals surface area contributed by atoms with Crippen LogP contribution in [0.3, 0.4) is 0 Å². The highest BCUT2D eigenvalue weighted by molar-refractivity contribution is 5.94. The number of carbonyl (C=O) groups excluding carboxylic acids is 1. The van der Waals surface area contributed by atoms with E-state index < -0.39 is 0 Å². The summed E-state index contributed by atoms with van der Waals surface area (Å²) in [6.07, 6.45) is 0. The Morgan fingerprint density at radius 2 is 1.64 bits per heavy atom. The van der Waals surface area contributed by atoms with Gasteiger partial charge >= 0.3 is 0 Å². The second kappa shape index (κ2) is 10.4. The zero-order valence-electron chi connectivity index (χ0n) is 17.2. The first kappa shape index (κ1) is 21.4. The van der Waals surface area contributed by atoms with Gasteiger partial charge in [-0.25, -0.2) is 0 Å². The lowest BCUT2D eigenvalue weighted by atomic mass is 10.1. The van der Waals surface area contributed by atoms with E-state index in [4.69, 9.17) is 18.9 Å². The first-order chi connectivity index (χ1) is 13.5. The molecule has 2 aromatic rings. The van der Waals surface area contributed by atoms with E-state index in [1.807, 2.05) is 25.1 Å². The molecule has 2 rings (SSSR count). The van der Waals surface area contributed by atoms with Crippen molar-refractivity contribution in [1.29, 1.82) is 0 Å². The Morgan fingerprint density at radius 3 is 2.29 bits per heavy atom. The van der Waals surface area contributed by atoms with Gasteiger partial charge < -0.3 is 24.3 Å².